The highest BCUT2D eigenvalue weighted by Gasteiger charge is 2.09. The summed E-state index contributed by atoms with van der Waals surface area (Å²) < 4.78 is 13.3. The molecule has 0 saturated heterocycles. The lowest BCUT2D eigenvalue weighted by Gasteiger charge is -2.10. The summed E-state index contributed by atoms with van der Waals surface area (Å²) in [5.74, 6) is -0.297. The Balaban J connectivity index is 2.69. The zero-order valence-corrected chi connectivity index (χ0v) is 9.98. The summed E-state index contributed by atoms with van der Waals surface area (Å²) in [5, 5.41) is 0.471. The van der Waals surface area contributed by atoms with Gasteiger partial charge in [0.1, 0.15) is 5.82 Å². The first-order chi connectivity index (χ1) is 7.59. The second kappa shape index (κ2) is 4.26. The van der Waals surface area contributed by atoms with Gasteiger partial charge in [0.2, 0.25) is 0 Å². The van der Waals surface area contributed by atoms with Gasteiger partial charge in [0.05, 0.1) is 0 Å². The maximum Gasteiger partial charge on any atom is 0.125 e. The van der Waals surface area contributed by atoms with Gasteiger partial charge in [0.15, 0.2) is 0 Å². The Kier molecular flexibility index (Phi) is 2.97. The van der Waals surface area contributed by atoms with Crippen molar-refractivity contribution in [3.63, 3.8) is 0 Å². The molecule has 16 heavy (non-hydrogen) atoms. The van der Waals surface area contributed by atoms with Crippen LogP contribution in [0.5, 0.6) is 0 Å². The van der Waals surface area contributed by atoms with Crippen molar-refractivity contribution in [2.45, 2.75) is 13.8 Å². The quantitative estimate of drug-likeness (QED) is 0.667. The van der Waals surface area contributed by atoms with Gasteiger partial charge < -0.3 is 0 Å². The van der Waals surface area contributed by atoms with Crippen molar-refractivity contribution in [3.05, 3.63) is 58.4 Å². The third kappa shape index (κ3) is 1.96. The summed E-state index contributed by atoms with van der Waals surface area (Å²) in [6.07, 6.45) is 0. The Bertz CT molecular complexity index is 532. The summed E-state index contributed by atoms with van der Waals surface area (Å²) in [5.41, 5.74) is 3.93. The molecule has 2 rings (SSSR count). The van der Waals surface area contributed by atoms with Gasteiger partial charge in [-0.2, -0.15) is 0 Å². The van der Waals surface area contributed by atoms with Crippen LogP contribution in [0.2, 0.25) is 5.02 Å². The number of aryl methyl sites for hydroxylation is 1. The molecule has 82 valence electrons. The Hall–Kier alpha value is -1.34. The highest BCUT2D eigenvalue weighted by atomic mass is 35.5. The lowest BCUT2D eigenvalue weighted by atomic mass is 9.96. The summed E-state index contributed by atoms with van der Waals surface area (Å²) in [6.45, 7) is 3.91. The first-order valence-corrected chi connectivity index (χ1v) is 5.49. The van der Waals surface area contributed by atoms with Gasteiger partial charge in [-0.1, -0.05) is 35.9 Å². The van der Waals surface area contributed by atoms with E-state index in [2.05, 4.69) is 0 Å². The molecule has 0 N–H and O–H groups in total. The van der Waals surface area contributed by atoms with Crippen molar-refractivity contribution in [1.29, 1.82) is 0 Å². The van der Waals surface area contributed by atoms with E-state index < -0.39 is 0 Å². The molecule has 0 aliphatic rings. The number of halogens is 2. The summed E-state index contributed by atoms with van der Waals surface area (Å²) >= 11 is 5.98. The van der Waals surface area contributed by atoms with E-state index in [0.29, 0.717) is 5.02 Å². The maximum absolute atomic E-state index is 13.3. The van der Waals surface area contributed by atoms with E-state index >= 15 is 0 Å². The van der Waals surface area contributed by atoms with Crippen LogP contribution in [0.25, 0.3) is 11.1 Å². The van der Waals surface area contributed by atoms with Gasteiger partial charge in [-0.05, 0) is 48.2 Å². The molecule has 2 heteroatoms. The molecule has 0 aromatic heterocycles. The highest BCUT2D eigenvalue weighted by Crippen LogP contribution is 2.31. The second-order valence-electron chi connectivity index (χ2n) is 3.88. The van der Waals surface area contributed by atoms with Crippen LogP contribution in [0.4, 0.5) is 4.39 Å². The minimum atomic E-state index is -0.297. The van der Waals surface area contributed by atoms with Crippen molar-refractivity contribution in [3.8, 4) is 11.1 Å². The average Bonchev–Trinajstić information content (AvgIpc) is 2.24. The van der Waals surface area contributed by atoms with Crippen molar-refractivity contribution in [2.75, 3.05) is 0 Å². The summed E-state index contributed by atoms with van der Waals surface area (Å²) in [4.78, 5) is 0. The average molecular weight is 235 g/mol. The predicted octanol–water partition coefficient (Wildman–Crippen LogP) is 4.76. The van der Waals surface area contributed by atoms with E-state index in [4.69, 9.17) is 11.6 Å². The molecule has 0 aliphatic heterocycles. The molecule has 0 unspecified atom stereocenters. The number of benzene rings is 2. The molecular formula is C14H12ClF. The fourth-order valence-corrected chi connectivity index (χ4v) is 2.01. The first-order valence-electron chi connectivity index (χ1n) is 5.11. The van der Waals surface area contributed by atoms with Crippen molar-refractivity contribution in [1.82, 2.24) is 0 Å². The van der Waals surface area contributed by atoms with Gasteiger partial charge in [-0.15, -0.1) is 0 Å². The van der Waals surface area contributed by atoms with E-state index in [1.165, 1.54) is 12.1 Å². The Morgan fingerprint density at radius 1 is 1.00 bits per heavy atom. The zero-order valence-electron chi connectivity index (χ0n) is 9.22. The van der Waals surface area contributed by atoms with Gasteiger partial charge in [-0.3, -0.25) is 0 Å². The van der Waals surface area contributed by atoms with E-state index in [1.54, 1.807) is 0 Å². The van der Waals surface area contributed by atoms with Crippen LogP contribution >= 0.6 is 11.6 Å². The van der Waals surface area contributed by atoms with Gasteiger partial charge in [0, 0.05) is 5.02 Å². The molecule has 0 nitrogen and oxygen atoms in total. The smallest absolute Gasteiger partial charge is 0.125 e. The number of hydrogen-bond donors (Lipinski definition) is 0. The van der Waals surface area contributed by atoms with E-state index in [1.807, 2.05) is 38.1 Å². The normalized spacial score (nSPS) is 10.5. The monoisotopic (exact) mass is 234 g/mol. The lowest BCUT2D eigenvalue weighted by molar-refractivity contribution is 0.628. The van der Waals surface area contributed by atoms with Crippen LogP contribution in [0.1, 0.15) is 11.1 Å². The molecule has 0 atom stereocenters. The molecular weight excluding hydrogens is 223 g/mol. The van der Waals surface area contributed by atoms with Crippen LogP contribution in [-0.4, -0.2) is 0 Å². The zero-order chi connectivity index (χ0) is 11.7. The van der Waals surface area contributed by atoms with E-state index in [0.717, 1.165) is 22.3 Å². The van der Waals surface area contributed by atoms with Gasteiger partial charge in [0.25, 0.3) is 0 Å². The third-order valence-corrected chi connectivity index (χ3v) is 3.14. The first kappa shape index (κ1) is 11.2. The van der Waals surface area contributed by atoms with E-state index in [-0.39, 0.29) is 5.82 Å². The molecule has 0 bridgehead atoms. The number of hydrogen-bond acceptors (Lipinski definition) is 0. The predicted molar refractivity (Wildman–Crippen MR) is 66.3 cm³/mol. The van der Waals surface area contributed by atoms with Crippen LogP contribution in [0, 0.1) is 19.7 Å². The standard InChI is InChI=1S/C14H12ClF/c1-9-5-3-4-6-12(9)13-7-11(16)8-14(15)10(13)2/h3-8H,1-2H3. The fourth-order valence-electron chi connectivity index (χ4n) is 1.80. The largest absolute Gasteiger partial charge is 0.207 e. The molecule has 2 aromatic carbocycles. The molecule has 0 fully saturated rings. The van der Waals surface area contributed by atoms with Crippen molar-refractivity contribution >= 4 is 11.6 Å². The lowest BCUT2D eigenvalue weighted by Crippen LogP contribution is -1.89. The highest BCUT2D eigenvalue weighted by molar-refractivity contribution is 6.31. The van der Waals surface area contributed by atoms with Crippen molar-refractivity contribution < 1.29 is 4.39 Å². The fraction of sp³-hybridized carbons (Fsp3) is 0.143. The molecule has 2 aromatic rings. The van der Waals surface area contributed by atoms with Crippen LogP contribution < -0.4 is 0 Å². The third-order valence-electron chi connectivity index (χ3n) is 2.74. The topological polar surface area (TPSA) is 0 Å². The number of rotatable bonds is 1. The molecule has 0 saturated carbocycles. The minimum Gasteiger partial charge on any atom is -0.207 e. The van der Waals surface area contributed by atoms with Crippen molar-refractivity contribution in [2.24, 2.45) is 0 Å². The second-order valence-corrected chi connectivity index (χ2v) is 4.28. The van der Waals surface area contributed by atoms with E-state index in [9.17, 15) is 4.39 Å². The Labute approximate surface area is 99.7 Å². The molecule has 0 aliphatic carbocycles. The SMILES string of the molecule is Cc1ccccc1-c1cc(F)cc(Cl)c1C. The summed E-state index contributed by atoms with van der Waals surface area (Å²) in [6, 6.07) is 10.8. The maximum atomic E-state index is 13.3. The van der Waals surface area contributed by atoms with Crippen LogP contribution in [0.15, 0.2) is 36.4 Å². The Morgan fingerprint density at radius 3 is 2.38 bits per heavy atom. The minimum absolute atomic E-state index is 0.297. The molecule has 0 spiro atoms. The van der Waals surface area contributed by atoms with Gasteiger partial charge >= 0.3 is 0 Å². The molecule has 0 radical (unpaired) electrons. The molecule has 0 heterocycles. The Morgan fingerprint density at radius 2 is 1.69 bits per heavy atom. The molecule has 0 amide bonds. The summed E-state index contributed by atoms with van der Waals surface area (Å²) in [7, 11) is 0. The van der Waals surface area contributed by atoms with Crippen LogP contribution in [0.3, 0.4) is 0 Å². The van der Waals surface area contributed by atoms with Gasteiger partial charge in [-0.25, -0.2) is 4.39 Å². The van der Waals surface area contributed by atoms with Crippen LogP contribution in [-0.2, 0) is 0 Å².